The number of aliphatic hydroxyl groups excluding tert-OH is 1. The summed E-state index contributed by atoms with van der Waals surface area (Å²) in [7, 11) is 0. The number of rotatable bonds is 0. The predicted molar refractivity (Wildman–Crippen MR) is 63.9 cm³/mol. The fourth-order valence-corrected chi connectivity index (χ4v) is 7.23. The van der Waals surface area contributed by atoms with Gasteiger partial charge in [0.2, 0.25) is 0 Å². The molecule has 0 radical (unpaired) electrons. The topological polar surface area (TPSA) is 20.2 Å². The van der Waals surface area contributed by atoms with Crippen LogP contribution in [0.1, 0.15) is 53.4 Å². The molecule has 5 aliphatic carbocycles. The van der Waals surface area contributed by atoms with E-state index in [-0.39, 0.29) is 6.10 Å². The van der Waals surface area contributed by atoms with Crippen molar-refractivity contribution < 1.29 is 5.11 Å². The molecular formula is C15H24O. The number of aliphatic hydroxyl groups is 1. The van der Waals surface area contributed by atoms with Crippen molar-refractivity contribution in [2.75, 3.05) is 0 Å². The van der Waals surface area contributed by atoms with Crippen LogP contribution in [0.5, 0.6) is 0 Å². The quantitative estimate of drug-likeness (QED) is 0.664. The number of hydrogen-bond acceptors (Lipinski definition) is 1. The summed E-state index contributed by atoms with van der Waals surface area (Å²) in [5.41, 5.74) is 1.70. The summed E-state index contributed by atoms with van der Waals surface area (Å²) in [6, 6.07) is 0. The molecule has 5 saturated carbocycles. The van der Waals surface area contributed by atoms with Gasteiger partial charge in [0.1, 0.15) is 0 Å². The zero-order valence-electron chi connectivity index (χ0n) is 11.0. The molecule has 1 heteroatoms. The summed E-state index contributed by atoms with van der Waals surface area (Å²) in [5.74, 6) is 1.75. The summed E-state index contributed by atoms with van der Waals surface area (Å²) in [5, 5.41) is 10.6. The molecule has 90 valence electrons. The lowest BCUT2D eigenvalue weighted by atomic mass is 9.60. The molecule has 2 spiro atoms. The Morgan fingerprint density at radius 1 is 1.12 bits per heavy atom. The van der Waals surface area contributed by atoms with Gasteiger partial charge in [0.25, 0.3) is 0 Å². The summed E-state index contributed by atoms with van der Waals surface area (Å²) in [6.45, 7) is 9.82. The average Bonchev–Trinajstić information content (AvgIpc) is 2.47. The number of hydrogen-bond donors (Lipinski definition) is 1. The van der Waals surface area contributed by atoms with Crippen molar-refractivity contribution in [3.8, 4) is 0 Å². The first-order valence-corrected chi connectivity index (χ1v) is 7.00. The van der Waals surface area contributed by atoms with Crippen molar-refractivity contribution in [1.29, 1.82) is 0 Å². The Labute approximate surface area is 98.6 Å². The van der Waals surface area contributed by atoms with Gasteiger partial charge >= 0.3 is 0 Å². The van der Waals surface area contributed by atoms with Crippen LogP contribution in [-0.2, 0) is 0 Å². The van der Waals surface area contributed by atoms with E-state index in [1.54, 1.807) is 0 Å². The third kappa shape index (κ3) is 0.573. The molecule has 5 aliphatic rings. The van der Waals surface area contributed by atoms with Gasteiger partial charge in [-0.3, -0.25) is 0 Å². The highest BCUT2D eigenvalue weighted by Gasteiger charge is 2.95. The molecule has 0 saturated heterocycles. The summed E-state index contributed by atoms with van der Waals surface area (Å²) >= 11 is 0. The molecule has 1 nitrogen and oxygen atoms in total. The van der Waals surface area contributed by atoms with Crippen LogP contribution in [-0.4, -0.2) is 11.2 Å². The fraction of sp³-hybridized carbons (Fsp3) is 1.00. The molecule has 5 fully saturated rings. The molecule has 0 aliphatic heterocycles. The van der Waals surface area contributed by atoms with E-state index < -0.39 is 0 Å². The molecule has 5 rings (SSSR count). The third-order valence-corrected chi connectivity index (χ3v) is 7.75. The maximum atomic E-state index is 10.6. The molecule has 0 amide bonds. The normalized spacial score (nSPS) is 63.2. The second-order valence-electron chi connectivity index (χ2n) is 8.19. The van der Waals surface area contributed by atoms with Gasteiger partial charge in [-0.25, -0.2) is 0 Å². The average molecular weight is 220 g/mol. The van der Waals surface area contributed by atoms with Crippen LogP contribution in [0.3, 0.4) is 0 Å². The van der Waals surface area contributed by atoms with E-state index in [9.17, 15) is 5.11 Å². The Morgan fingerprint density at radius 3 is 2.38 bits per heavy atom. The van der Waals surface area contributed by atoms with E-state index in [1.165, 1.54) is 19.3 Å². The maximum Gasteiger partial charge on any atom is 0.0610 e. The highest BCUT2D eigenvalue weighted by Crippen LogP contribution is 2.99. The zero-order chi connectivity index (χ0) is 11.6. The maximum absolute atomic E-state index is 10.6. The van der Waals surface area contributed by atoms with E-state index in [1.807, 2.05) is 0 Å². The van der Waals surface area contributed by atoms with Crippen molar-refractivity contribution in [3.05, 3.63) is 0 Å². The summed E-state index contributed by atoms with van der Waals surface area (Å²) in [6.07, 6.45) is 5.09. The van der Waals surface area contributed by atoms with Gasteiger partial charge < -0.3 is 5.11 Å². The summed E-state index contributed by atoms with van der Waals surface area (Å²) < 4.78 is 0. The largest absolute Gasteiger partial charge is 0.392 e. The Balaban J connectivity index is 1.96. The smallest absolute Gasteiger partial charge is 0.0610 e. The molecule has 1 N–H and O–H groups in total. The highest BCUT2D eigenvalue weighted by atomic mass is 16.3. The zero-order valence-corrected chi connectivity index (χ0v) is 11.0. The van der Waals surface area contributed by atoms with E-state index in [4.69, 9.17) is 0 Å². The minimum absolute atomic E-state index is 0.00646. The van der Waals surface area contributed by atoms with Crippen molar-refractivity contribution >= 4 is 0 Å². The SMILES string of the molecule is CC1(C)CC[C@@H](O)[C@@]23C4C[C@@H](C[C@]412)C3(C)C. The molecular weight excluding hydrogens is 196 g/mol. The van der Waals surface area contributed by atoms with Crippen LogP contribution in [0.15, 0.2) is 0 Å². The Morgan fingerprint density at radius 2 is 1.81 bits per heavy atom. The lowest BCUT2D eigenvalue weighted by molar-refractivity contribution is -0.0567. The first kappa shape index (κ1) is 9.94. The third-order valence-electron chi connectivity index (χ3n) is 7.75. The van der Waals surface area contributed by atoms with Crippen LogP contribution in [0.25, 0.3) is 0 Å². The van der Waals surface area contributed by atoms with Gasteiger partial charge in [-0.1, -0.05) is 27.7 Å². The lowest BCUT2D eigenvalue weighted by Crippen LogP contribution is -2.44. The van der Waals surface area contributed by atoms with E-state index in [0.717, 1.165) is 18.3 Å². The van der Waals surface area contributed by atoms with E-state index >= 15 is 0 Å². The fourth-order valence-electron chi connectivity index (χ4n) is 7.23. The molecule has 0 aromatic rings. The summed E-state index contributed by atoms with van der Waals surface area (Å²) in [4.78, 5) is 0. The van der Waals surface area contributed by atoms with Gasteiger partial charge in [-0.05, 0) is 53.8 Å². The first-order valence-electron chi connectivity index (χ1n) is 7.00. The van der Waals surface area contributed by atoms with Crippen LogP contribution in [0, 0.1) is 33.5 Å². The van der Waals surface area contributed by atoms with Crippen LogP contribution >= 0.6 is 0 Å². The lowest BCUT2D eigenvalue weighted by Gasteiger charge is -2.46. The second kappa shape index (κ2) is 2.13. The second-order valence-corrected chi connectivity index (χ2v) is 8.19. The van der Waals surface area contributed by atoms with E-state index in [0.29, 0.717) is 21.7 Å². The Hall–Kier alpha value is -0.0400. The van der Waals surface area contributed by atoms with E-state index in [2.05, 4.69) is 27.7 Å². The van der Waals surface area contributed by atoms with Crippen molar-refractivity contribution in [3.63, 3.8) is 0 Å². The first-order chi connectivity index (χ1) is 7.32. The standard InChI is InChI=1S/C15H24O/c1-12(2)6-5-11(16)15-10-7-9(13(15,3)4)8-14(10,12)15/h9-11,16H,5-8H2,1-4H3/t9-,10?,11+,14-,15+/m0/s1. The minimum Gasteiger partial charge on any atom is -0.392 e. The monoisotopic (exact) mass is 220 g/mol. The van der Waals surface area contributed by atoms with Gasteiger partial charge in [0.05, 0.1) is 6.10 Å². The molecule has 16 heavy (non-hydrogen) atoms. The van der Waals surface area contributed by atoms with Crippen molar-refractivity contribution in [2.24, 2.45) is 33.5 Å². The Kier molecular flexibility index (Phi) is 1.33. The predicted octanol–water partition coefficient (Wildman–Crippen LogP) is 3.22. The van der Waals surface area contributed by atoms with Gasteiger partial charge in [-0.2, -0.15) is 0 Å². The molecule has 0 aromatic heterocycles. The highest BCUT2D eigenvalue weighted by molar-refractivity contribution is 5.42. The molecule has 0 aromatic carbocycles. The molecule has 0 heterocycles. The van der Waals surface area contributed by atoms with Crippen LogP contribution in [0.2, 0.25) is 0 Å². The van der Waals surface area contributed by atoms with Gasteiger partial charge in [0, 0.05) is 5.41 Å². The molecule has 4 bridgehead atoms. The van der Waals surface area contributed by atoms with Gasteiger partial charge in [0.15, 0.2) is 0 Å². The van der Waals surface area contributed by atoms with Crippen molar-refractivity contribution in [1.82, 2.24) is 0 Å². The van der Waals surface area contributed by atoms with Crippen LogP contribution < -0.4 is 0 Å². The van der Waals surface area contributed by atoms with Crippen molar-refractivity contribution in [2.45, 2.75) is 59.5 Å². The Bertz CT molecular complexity index is 383. The van der Waals surface area contributed by atoms with Crippen LogP contribution in [0.4, 0.5) is 0 Å². The van der Waals surface area contributed by atoms with Gasteiger partial charge in [-0.15, -0.1) is 0 Å². The molecule has 1 unspecified atom stereocenters. The minimum atomic E-state index is -0.00646. The molecule has 5 atom stereocenters.